The number of carbonyl (C=O) groups is 3. The van der Waals surface area contributed by atoms with Gasteiger partial charge in [-0.15, -0.1) is 0 Å². The van der Waals surface area contributed by atoms with E-state index in [2.05, 4.69) is 16.8 Å². The minimum absolute atomic E-state index is 0.0134. The molecule has 2 saturated heterocycles. The lowest BCUT2D eigenvalue weighted by Crippen LogP contribution is -2.40. The molecule has 7 nitrogen and oxygen atoms in total. The molecule has 0 radical (unpaired) electrons. The van der Waals surface area contributed by atoms with Crippen molar-refractivity contribution in [2.24, 2.45) is 17.8 Å². The Balaban J connectivity index is 0.000000240. The zero-order valence-electron chi connectivity index (χ0n) is 22.4. The van der Waals surface area contributed by atoms with E-state index >= 15 is 0 Å². The first-order valence-corrected chi connectivity index (χ1v) is 13.7. The molecule has 7 heteroatoms. The van der Waals surface area contributed by atoms with Crippen LogP contribution in [0.4, 0.5) is 0 Å². The van der Waals surface area contributed by atoms with Crippen LogP contribution in [0.15, 0.2) is 0 Å². The van der Waals surface area contributed by atoms with E-state index in [0.717, 1.165) is 32.6 Å². The summed E-state index contributed by atoms with van der Waals surface area (Å²) in [5, 5.41) is 0. The van der Waals surface area contributed by atoms with Gasteiger partial charge in [0, 0.05) is 37.5 Å². The summed E-state index contributed by atoms with van der Waals surface area (Å²) in [7, 11) is 2.15. The van der Waals surface area contributed by atoms with Crippen molar-refractivity contribution in [3.8, 4) is 0 Å². The average molecular weight is 480 g/mol. The maximum Gasteiger partial charge on any atom is 0.308 e. The topological polar surface area (TPSA) is 70.2 Å². The second-order valence-electron chi connectivity index (χ2n) is 10.6. The van der Waals surface area contributed by atoms with Gasteiger partial charge in [0.2, 0.25) is 11.8 Å². The highest BCUT2D eigenvalue weighted by atomic mass is 16.5. The average Bonchev–Trinajstić information content (AvgIpc) is 3.05. The SMILES string of the molecule is CC1C(=O)N(CCN2CCCCC2)C(=O)C1C.CCC(C)C(=O)OCCN(C)C1CCCCC1. The first-order valence-electron chi connectivity index (χ1n) is 13.7. The minimum atomic E-state index is -0.135. The fourth-order valence-electron chi connectivity index (χ4n) is 4.98. The number of carbonyl (C=O) groups excluding carboxylic acids is 3. The molecule has 34 heavy (non-hydrogen) atoms. The van der Waals surface area contributed by atoms with Crippen molar-refractivity contribution >= 4 is 17.8 Å². The van der Waals surface area contributed by atoms with E-state index in [-0.39, 0.29) is 35.5 Å². The van der Waals surface area contributed by atoms with Crippen LogP contribution in [0.2, 0.25) is 0 Å². The van der Waals surface area contributed by atoms with E-state index in [4.69, 9.17) is 4.74 Å². The molecule has 0 spiro atoms. The number of piperidine rings is 1. The Labute approximate surface area is 207 Å². The fourth-order valence-corrected chi connectivity index (χ4v) is 4.98. The molecule has 2 heterocycles. The van der Waals surface area contributed by atoms with E-state index in [1.807, 2.05) is 27.7 Å². The van der Waals surface area contributed by atoms with E-state index in [1.54, 1.807) is 0 Å². The second-order valence-corrected chi connectivity index (χ2v) is 10.6. The third-order valence-electron chi connectivity index (χ3n) is 8.05. The van der Waals surface area contributed by atoms with E-state index in [9.17, 15) is 14.4 Å². The van der Waals surface area contributed by atoms with Crippen LogP contribution in [-0.2, 0) is 19.1 Å². The van der Waals surface area contributed by atoms with Gasteiger partial charge in [0.25, 0.3) is 0 Å². The van der Waals surface area contributed by atoms with Crippen LogP contribution in [-0.4, -0.2) is 84.9 Å². The van der Waals surface area contributed by atoms with Crippen molar-refractivity contribution in [1.82, 2.24) is 14.7 Å². The molecule has 196 valence electrons. The molecular formula is C27H49N3O4. The van der Waals surface area contributed by atoms with Gasteiger partial charge in [-0.2, -0.15) is 0 Å². The van der Waals surface area contributed by atoms with Crippen molar-refractivity contribution in [2.75, 3.05) is 46.4 Å². The number of ether oxygens (including phenoxy) is 1. The Hall–Kier alpha value is -1.47. The summed E-state index contributed by atoms with van der Waals surface area (Å²) in [5.41, 5.74) is 0. The van der Waals surface area contributed by atoms with Gasteiger partial charge in [-0.1, -0.05) is 53.4 Å². The van der Waals surface area contributed by atoms with Gasteiger partial charge in [0.1, 0.15) is 6.61 Å². The molecule has 0 N–H and O–H groups in total. The predicted octanol–water partition coefficient (Wildman–Crippen LogP) is 3.95. The van der Waals surface area contributed by atoms with Crippen molar-refractivity contribution in [2.45, 2.75) is 91.5 Å². The van der Waals surface area contributed by atoms with Crippen LogP contribution in [0.5, 0.6) is 0 Å². The van der Waals surface area contributed by atoms with Crippen molar-refractivity contribution in [1.29, 1.82) is 0 Å². The zero-order valence-corrected chi connectivity index (χ0v) is 22.4. The van der Waals surface area contributed by atoms with Crippen LogP contribution in [0.25, 0.3) is 0 Å². The number of imide groups is 1. The Morgan fingerprint density at radius 3 is 2.09 bits per heavy atom. The molecule has 0 aromatic heterocycles. The Morgan fingerprint density at radius 1 is 0.971 bits per heavy atom. The van der Waals surface area contributed by atoms with Gasteiger partial charge in [0.05, 0.1) is 5.92 Å². The maximum absolute atomic E-state index is 11.9. The van der Waals surface area contributed by atoms with Crippen molar-refractivity contribution in [3.63, 3.8) is 0 Å². The molecule has 3 fully saturated rings. The summed E-state index contributed by atoms with van der Waals surface area (Å²) in [4.78, 5) is 41.4. The van der Waals surface area contributed by atoms with E-state index in [0.29, 0.717) is 19.2 Å². The number of likely N-dealkylation sites (tertiary alicyclic amines) is 2. The molecule has 3 rings (SSSR count). The Kier molecular flexibility index (Phi) is 12.5. The van der Waals surface area contributed by atoms with Crippen molar-refractivity contribution in [3.05, 3.63) is 0 Å². The largest absolute Gasteiger partial charge is 0.464 e. The van der Waals surface area contributed by atoms with E-state index in [1.165, 1.54) is 56.3 Å². The summed E-state index contributed by atoms with van der Waals surface area (Å²) in [6.45, 7) is 12.7. The predicted molar refractivity (Wildman–Crippen MR) is 135 cm³/mol. The van der Waals surface area contributed by atoms with Gasteiger partial charge >= 0.3 is 5.97 Å². The summed E-state index contributed by atoms with van der Waals surface area (Å²) in [6, 6.07) is 0.700. The van der Waals surface area contributed by atoms with Gasteiger partial charge in [-0.25, -0.2) is 0 Å². The van der Waals surface area contributed by atoms with Gasteiger partial charge < -0.3 is 14.5 Å². The van der Waals surface area contributed by atoms with E-state index < -0.39 is 0 Å². The molecule has 3 atom stereocenters. The lowest BCUT2D eigenvalue weighted by Gasteiger charge is -2.30. The summed E-state index contributed by atoms with van der Waals surface area (Å²) in [6.07, 6.45) is 11.3. The van der Waals surface area contributed by atoms with Crippen LogP contribution >= 0.6 is 0 Å². The highest BCUT2D eigenvalue weighted by Crippen LogP contribution is 2.25. The number of likely N-dealkylation sites (N-methyl/N-ethyl adjacent to an activating group) is 1. The standard InChI is InChI=1S/C14H27NO2.C13H22N2O2/c1-4-12(2)14(16)17-11-10-15(3)13-8-6-5-7-9-13;1-10-11(2)13(17)15(12(10)16)9-8-14-6-4-3-5-7-14/h12-13H,4-11H2,1-3H3;10-11H,3-9H2,1-2H3. The molecule has 0 aromatic carbocycles. The quantitative estimate of drug-likeness (QED) is 0.368. The number of esters is 1. The third-order valence-corrected chi connectivity index (χ3v) is 8.05. The molecular weight excluding hydrogens is 430 g/mol. The molecule has 0 bridgehead atoms. The van der Waals surface area contributed by atoms with Crippen LogP contribution < -0.4 is 0 Å². The highest BCUT2D eigenvalue weighted by Gasteiger charge is 2.41. The summed E-state index contributed by atoms with van der Waals surface area (Å²) in [5.74, 6) is -0.258. The van der Waals surface area contributed by atoms with Crippen LogP contribution in [0, 0.1) is 17.8 Å². The number of hydrogen-bond acceptors (Lipinski definition) is 6. The molecule has 2 aliphatic heterocycles. The molecule has 2 amide bonds. The zero-order chi connectivity index (χ0) is 25.1. The molecule has 1 aliphatic carbocycles. The van der Waals surface area contributed by atoms with Gasteiger partial charge in [-0.05, 0) is 52.2 Å². The second kappa shape index (κ2) is 14.8. The highest BCUT2D eigenvalue weighted by molar-refractivity contribution is 6.04. The van der Waals surface area contributed by atoms with Crippen LogP contribution in [0.1, 0.15) is 85.5 Å². The summed E-state index contributed by atoms with van der Waals surface area (Å²) < 4.78 is 5.28. The number of amides is 2. The first-order chi connectivity index (χ1) is 16.3. The molecule has 3 unspecified atom stereocenters. The normalized spacial score (nSPS) is 25.3. The lowest BCUT2D eigenvalue weighted by atomic mass is 9.94. The van der Waals surface area contributed by atoms with Crippen LogP contribution in [0.3, 0.4) is 0 Å². The van der Waals surface area contributed by atoms with Gasteiger partial charge in [-0.3, -0.25) is 19.3 Å². The molecule has 0 aromatic rings. The Morgan fingerprint density at radius 2 is 1.53 bits per heavy atom. The number of rotatable bonds is 9. The smallest absolute Gasteiger partial charge is 0.308 e. The maximum atomic E-state index is 11.9. The first kappa shape index (κ1) is 28.8. The van der Waals surface area contributed by atoms with Gasteiger partial charge in [0.15, 0.2) is 0 Å². The fraction of sp³-hybridized carbons (Fsp3) is 0.889. The number of nitrogens with zero attached hydrogens (tertiary/aromatic N) is 3. The summed E-state index contributed by atoms with van der Waals surface area (Å²) >= 11 is 0. The third kappa shape index (κ3) is 8.63. The lowest BCUT2D eigenvalue weighted by molar-refractivity contribution is -0.148. The molecule has 1 saturated carbocycles. The monoisotopic (exact) mass is 479 g/mol. The Bertz CT molecular complexity index is 624. The van der Waals surface area contributed by atoms with Crippen molar-refractivity contribution < 1.29 is 19.1 Å². The molecule has 3 aliphatic rings. The number of hydrogen-bond donors (Lipinski definition) is 0. The minimum Gasteiger partial charge on any atom is -0.464 e.